The van der Waals surface area contributed by atoms with Crippen LogP contribution in [0.5, 0.6) is 0 Å². The Morgan fingerprint density at radius 1 is 1.47 bits per heavy atom. The van der Waals surface area contributed by atoms with E-state index in [2.05, 4.69) is 35.0 Å². The lowest BCUT2D eigenvalue weighted by Gasteiger charge is -2.18. The number of carbonyl (C=O) groups is 1. The van der Waals surface area contributed by atoms with E-state index in [1.165, 1.54) is 11.1 Å². The number of rotatable bonds is 6. The Bertz CT molecular complexity index is 432. The van der Waals surface area contributed by atoms with Crippen LogP contribution in [0.25, 0.3) is 0 Å². The van der Waals surface area contributed by atoms with Gasteiger partial charge in [0.1, 0.15) is 0 Å². The van der Waals surface area contributed by atoms with Gasteiger partial charge in [-0.1, -0.05) is 22.0 Å². The molecule has 3 nitrogen and oxygen atoms in total. The molecular weight excluding hydrogens is 304 g/mol. The van der Waals surface area contributed by atoms with E-state index in [9.17, 15) is 4.79 Å². The number of hydrogen-bond donors (Lipinski definition) is 1. The third-order valence-electron chi connectivity index (χ3n) is 3.27. The Morgan fingerprint density at radius 3 is 2.79 bits per heavy atom. The fourth-order valence-electron chi connectivity index (χ4n) is 1.86. The smallest absolute Gasteiger partial charge is 0.222 e. The first-order valence-corrected chi connectivity index (χ1v) is 7.44. The Morgan fingerprint density at radius 2 is 2.16 bits per heavy atom. The van der Waals surface area contributed by atoms with Crippen LogP contribution in [-0.4, -0.2) is 30.4 Å². The fraction of sp³-hybridized carbons (Fsp3) is 0.533. The van der Waals surface area contributed by atoms with Gasteiger partial charge >= 0.3 is 0 Å². The van der Waals surface area contributed by atoms with Crippen molar-refractivity contribution >= 4 is 21.8 Å². The molecule has 0 aliphatic carbocycles. The standard InChI is InChI=1S/C15H23BrN2O/c1-11-4-6-14(16)10-13(11)8-9-18(3)15(19)7-5-12(2)17/h4,6,10,12H,5,7-9,17H2,1-3H3. The monoisotopic (exact) mass is 326 g/mol. The van der Waals surface area contributed by atoms with Gasteiger partial charge in [-0.2, -0.15) is 0 Å². The summed E-state index contributed by atoms with van der Waals surface area (Å²) in [5, 5.41) is 0. The summed E-state index contributed by atoms with van der Waals surface area (Å²) in [7, 11) is 1.86. The molecule has 19 heavy (non-hydrogen) atoms. The van der Waals surface area contributed by atoms with Crippen LogP contribution in [0.2, 0.25) is 0 Å². The molecule has 0 saturated heterocycles. The minimum absolute atomic E-state index is 0.0877. The van der Waals surface area contributed by atoms with Gasteiger partial charge in [-0.15, -0.1) is 0 Å². The molecule has 0 aliphatic rings. The van der Waals surface area contributed by atoms with E-state index >= 15 is 0 Å². The first-order chi connectivity index (χ1) is 8.90. The van der Waals surface area contributed by atoms with E-state index in [4.69, 9.17) is 5.73 Å². The van der Waals surface area contributed by atoms with Gasteiger partial charge in [0.2, 0.25) is 5.91 Å². The fourth-order valence-corrected chi connectivity index (χ4v) is 2.27. The molecule has 4 heteroatoms. The molecule has 1 amide bonds. The molecule has 1 aromatic carbocycles. The predicted molar refractivity (Wildman–Crippen MR) is 83.1 cm³/mol. The number of aryl methyl sites for hydroxylation is 1. The zero-order valence-electron chi connectivity index (χ0n) is 11.9. The third kappa shape index (κ3) is 5.74. The minimum atomic E-state index is 0.0877. The zero-order chi connectivity index (χ0) is 14.4. The van der Waals surface area contributed by atoms with Crippen molar-refractivity contribution in [2.45, 2.75) is 39.2 Å². The molecule has 0 aromatic heterocycles. The van der Waals surface area contributed by atoms with Gasteiger partial charge in [0.25, 0.3) is 0 Å². The Kier molecular flexibility index (Phi) is 6.52. The summed E-state index contributed by atoms with van der Waals surface area (Å²) < 4.78 is 1.08. The number of nitrogens with two attached hydrogens (primary N) is 1. The number of nitrogens with zero attached hydrogens (tertiary/aromatic N) is 1. The summed E-state index contributed by atoms with van der Waals surface area (Å²) in [6.07, 6.45) is 2.16. The molecule has 0 saturated carbocycles. The predicted octanol–water partition coefficient (Wildman–Crippen LogP) is 2.89. The van der Waals surface area contributed by atoms with Crippen molar-refractivity contribution in [1.82, 2.24) is 4.90 Å². The van der Waals surface area contributed by atoms with Gasteiger partial charge in [0.15, 0.2) is 0 Å². The molecule has 0 bridgehead atoms. The van der Waals surface area contributed by atoms with Gasteiger partial charge in [-0.05, 0) is 49.9 Å². The zero-order valence-corrected chi connectivity index (χ0v) is 13.5. The number of carbonyl (C=O) groups excluding carboxylic acids is 1. The van der Waals surface area contributed by atoms with E-state index in [1.807, 2.05) is 20.0 Å². The molecule has 0 aliphatic heterocycles. The van der Waals surface area contributed by atoms with Crippen LogP contribution < -0.4 is 5.73 Å². The summed E-state index contributed by atoms with van der Waals surface area (Å²) in [5.74, 6) is 0.171. The molecule has 0 radical (unpaired) electrons. The van der Waals surface area contributed by atoms with Crippen molar-refractivity contribution in [2.24, 2.45) is 5.73 Å². The number of benzene rings is 1. The second kappa shape index (κ2) is 7.65. The summed E-state index contributed by atoms with van der Waals surface area (Å²) in [6, 6.07) is 6.34. The van der Waals surface area contributed by atoms with Gasteiger partial charge in [-0.25, -0.2) is 0 Å². The first kappa shape index (κ1) is 16.2. The maximum atomic E-state index is 11.9. The molecule has 0 fully saturated rings. The minimum Gasteiger partial charge on any atom is -0.345 e. The van der Waals surface area contributed by atoms with Gasteiger partial charge in [0.05, 0.1) is 0 Å². The molecular formula is C15H23BrN2O. The van der Waals surface area contributed by atoms with Gasteiger partial charge in [0, 0.05) is 30.5 Å². The van der Waals surface area contributed by atoms with E-state index in [0.717, 1.165) is 23.9 Å². The lowest BCUT2D eigenvalue weighted by atomic mass is 10.1. The van der Waals surface area contributed by atoms with Crippen molar-refractivity contribution in [3.63, 3.8) is 0 Å². The van der Waals surface area contributed by atoms with Crippen LogP contribution in [0, 0.1) is 6.92 Å². The van der Waals surface area contributed by atoms with Crippen LogP contribution in [0.3, 0.4) is 0 Å². The summed E-state index contributed by atoms with van der Waals surface area (Å²) >= 11 is 3.48. The molecule has 106 valence electrons. The second-order valence-electron chi connectivity index (χ2n) is 5.15. The SMILES string of the molecule is Cc1ccc(Br)cc1CCN(C)C(=O)CCC(C)N. The number of amides is 1. The largest absolute Gasteiger partial charge is 0.345 e. The lowest BCUT2D eigenvalue weighted by molar-refractivity contribution is -0.130. The summed E-state index contributed by atoms with van der Waals surface area (Å²) in [6.45, 7) is 4.77. The van der Waals surface area contributed by atoms with Crippen molar-refractivity contribution in [2.75, 3.05) is 13.6 Å². The highest BCUT2D eigenvalue weighted by Gasteiger charge is 2.10. The van der Waals surface area contributed by atoms with Crippen LogP contribution in [0.4, 0.5) is 0 Å². The third-order valence-corrected chi connectivity index (χ3v) is 3.76. The van der Waals surface area contributed by atoms with Crippen molar-refractivity contribution in [1.29, 1.82) is 0 Å². The van der Waals surface area contributed by atoms with Crippen LogP contribution in [-0.2, 0) is 11.2 Å². The quantitative estimate of drug-likeness (QED) is 0.873. The molecule has 2 N–H and O–H groups in total. The van der Waals surface area contributed by atoms with Crippen molar-refractivity contribution in [3.8, 4) is 0 Å². The highest BCUT2D eigenvalue weighted by atomic mass is 79.9. The first-order valence-electron chi connectivity index (χ1n) is 6.64. The Hall–Kier alpha value is -0.870. The highest BCUT2D eigenvalue weighted by Crippen LogP contribution is 2.16. The van der Waals surface area contributed by atoms with Gasteiger partial charge < -0.3 is 10.6 Å². The summed E-state index contributed by atoms with van der Waals surface area (Å²) in [4.78, 5) is 13.7. The molecule has 1 atom stereocenters. The molecule has 1 aromatic rings. The molecule has 1 unspecified atom stereocenters. The Labute approximate surface area is 124 Å². The molecule has 0 heterocycles. The van der Waals surface area contributed by atoms with Crippen LogP contribution in [0.15, 0.2) is 22.7 Å². The average Bonchev–Trinajstić information content (AvgIpc) is 2.36. The number of hydrogen-bond acceptors (Lipinski definition) is 2. The van der Waals surface area contributed by atoms with Crippen molar-refractivity contribution < 1.29 is 4.79 Å². The lowest BCUT2D eigenvalue weighted by Crippen LogP contribution is -2.30. The van der Waals surface area contributed by atoms with E-state index in [0.29, 0.717) is 6.42 Å². The van der Waals surface area contributed by atoms with E-state index in [1.54, 1.807) is 4.90 Å². The highest BCUT2D eigenvalue weighted by molar-refractivity contribution is 9.10. The number of halogens is 1. The van der Waals surface area contributed by atoms with E-state index < -0.39 is 0 Å². The van der Waals surface area contributed by atoms with Crippen molar-refractivity contribution in [3.05, 3.63) is 33.8 Å². The molecule has 1 rings (SSSR count). The number of likely N-dealkylation sites (N-methyl/N-ethyl adjacent to an activating group) is 1. The maximum Gasteiger partial charge on any atom is 0.222 e. The normalized spacial score (nSPS) is 12.3. The van der Waals surface area contributed by atoms with Crippen LogP contribution >= 0.6 is 15.9 Å². The Balaban J connectivity index is 2.47. The second-order valence-corrected chi connectivity index (χ2v) is 6.07. The average molecular weight is 327 g/mol. The maximum absolute atomic E-state index is 11.9. The summed E-state index contributed by atoms with van der Waals surface area (Å²) in [5.41, 5.74) is 8.21. The topological polar surface area (TPSA) is 46.3 Å². The van der Waals surface area contributed by atoms with E-state index in [-0.39, 0.29) is 11.9 Å². The van der Waals surface area contributed by atoms with Crippen LogP contribution in [0.1, 0.15) is 30.9 Å². The van der Waals surface area contributed by atoms with Gasteiger partial charge in [-0.3, -0.25) is 4.79 Å². The molecule has 0 spiro atoms.